The Morgan fingerprint density at radius 3 is 3.05 bits per heavy atom. The summed E-state index contributed by atoms with van der Waals surface area (Å²) < 4.78 is 8.21. The molecule has 0 spiro atoms. The second-order valence-electron chi connectivity index (χ2n) is 6.50. The molecule has 0 aromatic carbocycles. The van der Waals surface area contributed by atoms with E-state index in [1.807, 2.05) is 6.20 Å². The molecule has 5 heteroatoms. The summed E-state index contributed by atoms with van der Waals surface area (Å²) >= 11 is 1.77. The average Bonchev–Trinajstić information content (AvgIpc) is 3.03. The normalized spacial score (nSPS) is 22.0. The van der Waals surface area contributed by atoms with E-state index >= 15 is 0 Å². The van der Waals surface area contributed by atoms with Crippen LogP contribution >= 0.6 is 11.3 Å². The van der Waals surface area contributed by atoms with Gasteiger partial charge in [0.05, 0.1) is 24.5 Å². The number of rotatable bonds is 6. The predicted molar refractivity (Wildman–Crippen MR) is 87.8 cm³/mol. The fourth-order valence-corrected chi connectivity index (χ4v) is 3.83. The van der Waals surface area contributed by atoms with Gasteiger partial charge in [-0.15, -0.1) is 0 Å². The quantitative estimate of drug-likeness (QED) is 0.817. The summed E-state index contributed by atoms with van der Waals surface area (Å²) in [6.07, 6.45) is 4.70. The van der Waals surface area contributed by atoms with Crippen LogP contribution in [0.3, 0.4) is 0 Å². The predicted octanol–water partition coefficient (Wildman–Crippen LogP) is 3.45. The minimum atomic E-state index is 0.367. The van der Waals surface area contributed by atoms with Crippen molar-refractivity contribution >= 4 is 11.3 Å². The van der Waals surface area contributed by atoms with E-state index in [4.69, 9.17) is 4.74 Å². The minimum Gasteiger partial charge on any atom is -0.375 e. The number of ether oxygens (including phenoxy) is 1. The van der Waals surface area contributed by atoms with Crippen molar-refractivity contribution in [3.63, 3.8) is 0 Å². The van der Waals surface area contributed by atoms with E-state index in [2.05, 4.69) is 38.2 Å². The van der Waals surface area contributed by atoms with Gasteiger partial charge in [0, 0.05) is 26.2 Å². The lowest BCUT2D eigenvalue weighted by molar-refractivity contribution is 0.101. The third-order valence-electron chi connectivity index (χ3n) is 4.77. The summed E-state index contributed by atoms with van der Waals surface area (Å²) in [5.41, 5.74) is 2.64. The van der Waals surface area contributed by atoms with E-state index in [0.717, 1.165) is 32.2 Å². The fourth-order valence-electron chi connectivity index (χ4n) is 3.17. The smallest absolute Gasteiger partial charge is 0.126 e. The molecule has 1 atom stereocenters. The molecule has 0 amide bonds. The van der Waals surface area contributed by atoms with Gasteiger partial charge in [-0.3, -0.25) is 4.90 Å². The van der Waals surface area contributed by atoms with E-state index in [1.54, 1.807) is 11.3 Å². The van der Waals surface area contributed by atoms with Crippen LogP contribution in [0.15, 0.2) is 23.0 Å². The van der Waals surface area contributed by atoms with Gasteiger partial charge < -0.3 is 9.30 Å². The zero-order chi connectivity index (χ0) is 14.9. The first-order valence-corrected chi connectivity index (χ1v) is 9.12. The molecule has 1 aliphatic carbocycles. The van der Waals surface area contributed by atoms with Crippen LogP contribution in [0.2, 0.25) is 0 Å². The van der Waals surface area contributed by atoms with Crippen LogP contribution in [0, 0.1) is 5.92 Å². The zero-order valence-electron chi connectivity index (χ0n) is 13.1. The molecule has 1 fully saturated rings. The van der Waals surface area contributed by atoms with Gasteiger partial charge in [0.25, 0.3) is 0 Å². The molecule has 0 bridgehead atoms. The number of imidazole rings is 1. The molecule has 0 saturated heterocycles. The van der Waals surface area contributed by atoms with Crippen molar-refractivity contribution < 1.29 is 4.74 Å². The van der Waals surface area contributed by atoms with Gasteiger partial charge in [-0.2, -0.15) is 11.3 Å². The van der Waals surface area contributed by atoms with Gasteiger partial charge in [0.2, 0.25) is 0 Å². The van der Waals surface area contributed by atoms with Crippen LogP contribution in [0.25, 0.3) is 0 Å². The van der Waals surface area contributed by atoms with Crippen molar-refractivity contribution in [3.8, 4) is 0 Å². The molecule has 0 N–H and O–H groups in total. The first-order chi connectivity index (χ1) is 10.8. The van der Waals surface area contributed by atoms with Crippen molar-refractivity contribution in [1.82, 2.24) is 14.5 Å². The van der Waals surface area contributed by atoms with Crippen LogP contribution < -0.4 is 0 Å². The van der Waals surface area contributed by atoms with Gasteiger partial charge >= 0.3 is 0 Å². The molecule has 0 radical (unpaired) electrons. The van der Waals surface area contributed by atoms with E-state index in [-0.39, 0.29) is 0 Å². The fraction of sp³-hybridized carbons (Fsp3) is 0.588. The number of nitrogens with zero attached hydrogens (tertiary/aromatic N) is 3. The van der Waals surface area contributed by atoms with E-state index < -0.39 is 0 Å². The molecule has 0 unspecified atom stereocenters. The third kappa shape index (κ3) is 2.98. The third-order valence-corrected chi connectivity index (χ3v) is 5.50. The summed E-state index contributed by atoms with van der Waals surface area (Å²) in [5, 5.41) is 4.39. The Labute approximate surface area is 135 Å². The first kappa shape index (κ1) is 14.4. The second-order valence-corrected chi connectivity index (χ2v) is 7.28. The molecule has 1 saturated carbocycles. The van der Waals surface area contributed by atoms with Gasteiger partial charge in [-0.1, -0.05) is 0 Å². The Morgan fingerprint density at radius 2 is 2.27 bits per heavy atom. The zero-order valence-corrected chi connectivity index (χ0v) is 13.9. The summed E-state index contributed by atoms with van der Waals surface area (Å²) in [6, 6.07) is 2.58. The number of hydrogen-bond acceptors (Lipinski definition) is 4. The maximum absolute atomic E-state index is 5.84. The lowest BCUT2D eigenvalue weighted by Gasteiger charge is -2.34. The number of thiophene rings is 1. The second kappa shape index (κ2) is 6.14. The lowest BCUT2D eigenvalue weighted by Crippen LogP contribution is -2.37. The van der Waals surface area contributed by atoms with Crippen LogP contribution in [0.5, 0.6) is 0 Å². The van der Waals surface area contributed by atoms with Gasteiger partial charge in [0.15, 0.2) is 0 Å². The Kier molecular flexibility index (Phi) is 4.03. The molecule has 2 aromatic heterocycles. The lowest BCUT2D eigenvalue weighted by atomic mass is 10.2. The highest BCUT2D eigenvalue weighted by Gasteiger charge is 2.27. The van der Waals surface area contributed by atoms with Gasteiger partial charge in [-0.25, -0.2) is 4.98 Å². The summed E-state index contributed by atoms with van der Waals surface area (Å²) in [7, 11) is 0. The Balaban J connectivity index is 1.42. The van der Waals surface area contributed by atoms with E-state index in [1.165, 1.54) is 29.9 Å². The molecule has 118 valence electrons. The summed E-state index contributed by atoms with van der Waals surface area (Å²) in [5.74, 6) is 2.01. The topological polar surface area (TPSA) is 30.3 Å². The van der Waals surface area contributed by atoms with Crippen LogP contribution in [0.4, 0.5) is 0 Å². The molecule has 2 aromatic rings. The number of fused-ring (bicyclic) bond motifs is 1. The Morgan fingerprint density at radius 1 is 1.36 bits per heavy atom. The molecular formula is C17H23N3OS. The van der Waals surface area contributed by atoms with Gasteiger partial charge in [0.1, 0.15) is 5.82 Å². The Hall–Kier alpha value is -1.17. The average molecular weight is 317 g/mol. The van der Waals surface area contributed by atoms with Crippen molar-refractivity contribution in [2.24, 2.45) is 5.92 Å². The number of aromatic nitrogens is 2. The van der Waals surface area contributed by atoms with E-state index in [9.17, 15) is 0 Å². The summed E-state index contributed by atoms with van der Waals surface area (Å²) in [4.78, 5) is 7.19. The molecule has 22 heavy (non-hydrogen) atoms. The maximum Gasteiger partial charge on any atom is 0.126 e. The number of hydrogen-bond donors (Lipinski definition) is 0. The highest BCUT2D eigenvalue weighted by atomic mass is 32.1. The van der Waals surface area contributed by atoms with E-state index in [0.29, 0.717) is 12.6 Å². The maximum atomic E-state index is 5.84. The van der Waals surface area contributed by atoms with Crippen LogP contribution in [-0.4, -0.2) is 27.6 Å². The molecule has 3 heterocycles. The molecular weight excluding hydrogens is 294 g/mol. The first-order valence-electron chi connectivity index (χ1n) is 8.18. The molecule has 2 aliphatic rings. The molecule has 1 aliphatic heterocycles. The largest absolute Gasteiger partial charge is 0.375 e. The van der Waals surface area contributed by atoms with Crippen molar-refractivity contribution in [2.45, 2.75) is 45.5 Å². The molecule has 4 rings (SSSR count). The highest BCUT2D eigenvalue weighted by molar-refractivity contribution is 7.07. The van der Waals surface area contributed by atoms with Crippen LogP contribution in [0.1, 0.15) is 42.9 Å². The van der Waals surface area contributed by atoms with Gasteiger partial charge in [-0.05, 0) is 48.1 Å². The van der Waals surface area contributed by atoms with Crippen molar-refractivity contribution in [2.75, 3.05) is 13.2 Å². The monoisotopic (exact) mass is 317 g/mol. The minimum absolute atomic E-state index is 0.367. The molecule has 4 nitrogen and oxygen atoms in total. The summed E-state index contributed by atoms with van der Waals surface area (Å²) in [6.45, 7) is 7.01. The highest BCUT2D eigenvalue weighted by Crippen LogP contribution is 2.30. The Bertz CT molecular complexity index is 618. The standard InChI is InChI=1S/C17H23N3OS/c1-13-17-18-8-16(11-21-10-14-2-3-14)20(17)6-5-19(13)9-15-4-7-22-12-15/h4,7-8,12-14H,2-3,5-6,9-11H2,1H3/t13-/m0/s1. The van der Waals surface area contributed by atoms with Crippen molar-refractivity contribution in [3.05, 3.63) is 40.1 Å². The van der Waals surface area contributed by atoms with Crippen LogP contribution in [-0.2, 0) is 24.4 Å². The SMILES string of the molecule is C[C@H]1c2ncc(COCC3CC3)n2CCN1Cc1ccsc1. The van der Waals surface area contributed by atoms with Crippen molar-refractivity contribution in [1.29, 1.82) is 0 Å².